The zero-order chi connectivity index (χ0) is 29.6. The van der Waals surface area contributed by atoms with Crippen molar-refractivity contribution < 1.29 is 18.0 Å². The predicted molar refractivity (Wildman–Crippen MR) is 161 cm³/mol. The molecule has 0 aromatic heterocycles. The number of hydrogen-bond donors (Lipinski definition) is 1. The Bertz CT molecular complexity index is 1450. The standard InChI is InChI=1S/C32H41N3O4S/c1-8-26(6)33-32(37)27(7)34(20-28-12-10-9-11-24(28)4)31(36)21-35(29-16-15-23(3)25(5)19-29)40(38,39)30-17-13-22(2)14-18-30/h9-19,26-27H,8,20-21H2,1-7H3,(H,33,37)/t26-,27-/m1/s1. The Kier molecular flexibility index (Phi) is 10.1. The molecule has 2 atom stereocenters. The van der Waals surface area contributed by atoms with Crippen LogP contribution in [0.15, 0.2) is 71.6 Å². The molecule has 3 aromatic rings. The maximum atomic E-state index is 14.1. The summed E-state index contributed by atoms with van der Waals surface area (Å²) < 4.78 is 29.1. The van der Waals surface area contributed by atoms with Gasteiger partial charge in [-0.25, -0.2) is 8.42 Å². The number of nitrogens with one attached hydrogen (secondary N) is 1. The summed E-state index contributed by atoms with van der Waals surface area (Å²) in [6, 6.07) is 18.7. The third-order valence-corrected chi connectivity index (χ3v) is 9.22. The van der Waals surface area contributed by atoms with Crippen molar-refractivity contribution in [3.8, 4) is 0 Å². The Morgan fingerprint density at radius 1 is 0.850 bits per heavy atom. The number of anilines is 1. The van der Waals surface area contributed by atoms with Crippen LogP contribution in [-0.4, -0.2) is 43.8 Å². The van der Waals surface area contributed by atoms with Crippen LogP contribution in [0.25, 0.3) is 0 Å². The van der Waals surface area contributed by atoms with E-state index in [0.717, 1.165) is 38.5 Å². The van der Waals surface area contributed by atoms with E-state index in [1.807, 2.05) is 71.9 Å². The van der Waals surface area contributed by atoms with E-state index in [0.29, 0.717) is 5.69 Å². The van der Waals surface area contributed by atoms with Crippen LogP contribution in [0.4, 0.5) is 5.69 Å². The minimum atomic E-state index is -4.09. The predicted octanol–water partition coefficient (Wildman–Crippen LogP) is 5.45. The Morgan fingerprint density at radius 2 is 1.50 bits per heavy atom. The summed E-state index contributed by atoms with van der Waals surface area (Å²) in [5, 5.41) is 2.96. The van der Waals surface area contributed by atoms with Crippen molar-refractivity contribution in [1.29, 1.82) is 0 Å². The number of carbonyl (C=O) groups is 2. The molecule has 0 fully saturated rings. The van der Waals surface area contributed by atoms with E-state index >= 15 is 0 Å². The average molecular weight is 564 g/mol. The van der Waals surface area contributed by atoms with Crippen molar-refractivity contribution in [2.45, 2.75) is 78.4 Å². The van der Waals surface area contributed by atoms with Crippen molar-refractivity contribution in [3.05, 3.63) is 94.5 Å². The molecular weight excluding hydrogens is 522 g/mol. The third-order valence-electron chi connectivity index (χ3n) is 7.44. The fourth-order valence-electron chi connectivity index (χ4n) is 4.27. The first-order valence-electron chi connectivity index (χ1n) is 13.7. The molecule has 0 heterocycles. The first-order chi connectivity index (χ1) is 18.8. The SMILES string of the molecule is CC[C@@H](C)NC(=O)[C@@H](C)N(Cc1ccccc1C)C(=O)CN(c1ccc(C)c(C)c1)S(=O)(=O)c1ccc(C)cc1. The van der Waals surface area contributed by atoms with Crippen LogP contribution in [0.1, 0.15) is 55.0 Å². The van der Waals surface area contributed by atoms with E-state index in [9.17, 15) is 18.0 Å². The first-order valence-corrected chi connectivity index (χ1v) is 15.1. The Hall–Kier alpha value is -3.65. The molecular formula is C32H41N3O4S. The second-order valence-corrected chi connectivity index (χ2v) is 12.4. The van der Waals surface area contributed by atoms with Crippen LogP contribution in [0.3, 0.4) is 0 Å². The number of sulfonamides is 1. The summed E-state index contributed by atoms with van der Waals surface area (Å²) in [5.74, 6) is -0.751. The molecule has 0 unspecified atom stereocenters. The first kappa shape index (κ1) is 30.9. The van der Waals surface area contributed by atoms with E-state index in [-0.39, 0.29) is 23.4 Å². The molecule has 0 aliphatic rings. The van der Waals surface area contributed by atoms with Crippen molar-refractivity contribution in [2.75, 3.05) is 10.8 Å². The van der Waals surface area contributed by atoms with Gasteiger partial charge in [-0.05, 0) is 94.5 Å². The van der Waals surface area contributed by atoms with E-state index in [1.54, 1.807) is 43.3 Å². The van der Waals surface area contributed by atoms with Crippen LogP contribution in [-0.2, 0) is 26.2 Å². The number of carbonyl (C=O) groups excluding carboxylic acids is 2. The highest BCUT2D eigenvalue weighted by Crippen LogP contribution is 2.27. The van der Waals surface area contributed by atoms with Gasteiger partial charge in [0.1, 0.15) is 12.6 Å². The molecule has 0 aliphatic heterocycles. The highest BCUT2D eigenvalue weighted by Gasteiger charge is 2.33. The molecule has 2 amide bonds. The molecule has 214 valence electrons. The van der Waals surface area contributed by atoms with Gasteiger partial charge in [-0.3, -0.25) is 13.9 Å². The van der Waals surface area contributed by atoms with Gasteiger partial charge in [0.2, 0.25) is 11.8 Å². The van der Waals surface area contributed by atoms with Gasteiger partial charge in [0, 0.05) is 12.6 Å². The maximum absolute atomic E-state index is 14.1. The molecule has 0 saturated heterocycles. The van der Waals surface area contributed by atoms with Gasteiger partial charge in [-0.2, -0.15) is 0 Å². The van der Waals surface area contributed by atoms with Crippen molar-refractivity contribution >= 4 is 27.5 Å². The molecule has 40 heavy (non-hydrogen) atoms. The summed E-state index contributed by atoms with van der Waals surface area (Å²) in [7, 11) is -4.09. The normalized spacial score (nSPS) is 12.9. The monoisotopic (exact) mass is 563 g/mol. The van der Waals surface area contributed by atoms with E-state index in [2.05, 4.69) is 5.32 Å². The third kappa shape index (κ3) is 7.30. The van der Waals surface area contributed by atoms with Crippen molar-refractivity contribution in [1.82, 2.24) is 10.2 Å². The fourth-order valence-corrected chi connectivity index (χ4v) is 5.67. The Labute approximate surface area is 239 Å². The largest absolute Gasteiger partial charge is 0.352 e. The van der Waals surface area contributed by atoms with E-state index in [1.165, 1.54) is 4.90 Å². The Balaban J connectivity index is 2.06. The van der Waals surface area contributed by atoms with Gasteiger partial charge >= 0.3 is 0 Å². The van der Waals surface area contributed by atoms with Crippen LogP contribution < -0.4 is 9.62 Å². The van der Waals surface area contributed by atoms with Crippen molar-refractivity contribution in [3.63, 3.8) is 0 Å². The van der Waals surface area contributed by atoms with E-state index in [4.69, 9.17) is 0 Å². The summed E-state index contributed by atoms with van der Waals surface area (Å²) in [6.45, 7) is 13.0. The Morgan fingerprint density at radius 3 is 2.10 bits per heavy atom. The number of nitrogens with zero attached hydrogens (tertiary/aromatic N) is 2. The highest BCUT2D eigenvalue weighted by molar-refractivity contribution is 7.92. The number of rotatable bonds is 11. The molecule has 0 radical (unpaired) electrons. The zero-order valence-electron chi connectivity index (χ0n) is 24.6. The minimum Gasteiger partial charge on any atom is -0.352 e. The fraction of sp³-hybridized carbons (Fsp3) is 0.375. The highest BCUT2D eigenvalue weighted by atomic mass is 32.2. The summed E-state index contributed by atoms with van der Waals surface area (Å²) >= 11 is 0. The van der Waals surface area contributed by atoms with Gasteiger partial charge in [0.05, 0.1) is 10.6 Å². The minimum absolute atomic E-state index is 0.0562. The van der Waals surface area contributed by atoms with Crippen molar-refractivity contribution in [2.24, 2.45) is 0 Å². The van der Waals surface area contributed by atoms with E-state index < -0.39 is 28.5 Å². The second-order valence-electron chi connectivity index (χ2n) is 10.5. The quantitative estimate of drug-likeness (QED) is 0.336. The molecule has 0 spiro atoms. The molecule has 3 rings (SSSR count). The van der Waals surface area contributed by atoms with Crippen LogP contribution in [0.5, 0.6) is 0 Å². The lowest BCUT2D eigenvalue weighted by atomic mass is 10.1. The number of aryl methyl sites for hydroxylation is 4. The molecule has 0 bridgehead atoms. The van der Waals surface area contributed by atoms with Crippen LogP contribution in [0, 0.1) is 27.7 Å². The van der Waals surface area contributed by atoms with Gasteiger partial charge in [0.25, 0.3) is 10.0 Å². The topological polar surface area (TPSA) is 86.8 Å². The summed E-state index contributed by atoms with van der Waals surface area (Å²) in [5.41, 5.74) is 5.11. The second kappa shape index (κ2) is 13.1. The molecule has 7 nitrogen and oxygen atoms in total. The summed E-state index contributed by atoms with van der Waals surface area (Å²) in [4.78, 5) is 28.8. The van der Waals surface area contributed by atoms with Gasteiger partial charge in [0.15, 0.2) is 0 Å². The molecule has 0 aliphatic carbocycles. The maximum Gasteiger partial charge on any atom is 0.264 e. The zero-order valence-corrected chi connectivity index (χ0v) is 25.4. The van der Waals surface area contributed by atoms with Crippen LogP contribution >= 0.6 is 0 Å². The lowest BCUT2D eigenvalue weighted by Gasteiger charge is -2.33. The van der Waals surface area contributed by atoms with Gasteiger partial charge in [-0.1, -0.05) is 55.0 Å². The summed E-state index contributed by atoms with van der Waals surface area (Å²) in [6.07, 6.45) is 0.750. The number of benzene rings is 3. The molecule has 0 saturated carbocycles. The van der Waals surface area contributed by atoms with Gasteiger partial charge in [-0.15, -0.1) is 0 Å². The lowest BCUT2D eigenvalue weighted by molar-refractivity contribution is -0.139. The smallest absolute Gasteiger partial charge is 0.264 e. The van der Waals surface area contributed by atoms with Gasteiger partial charge < -0.3 is 10.2 Å². The molecule has 3 aromatic carbocycles. The number of hydrogen-bond acceptors (Lipinski definition) is 4. The molecule has 8 heteroatoms. The van der Waals surface area contributed by atoms with Crippen LogP contribution in [0.2, 0.25) is 0 Å². The lowest BCUT2D eigenvalue weighted by Crippen LogP contribution is -2.52. The number of amides is 2. The molecule has 1 N–H and O–H groups in total. The average Bonchev–Trinajstić information content (AvgIpc) is 2.92.